The second-order valence-corrected chi connectivity index (χ2v) is 3.37. The van der Waals surface area contributed by atoms with E-state index in [1.54, 1.807) is 25.7 Å². The standard InChI is InChI=1S/C12H14N4O/c1-3-14-11-8-13-7-9(16-11)12-10(17-2)5-4-6-15-12/h4-8H,3H2,1-2H3,(H,14,16). The van der Waals surface area contributed by atoms with E-state index in [9.17, 15) is 0 Å². The molecule has 88 valence electrons. The van der Waals surface area contributed by atoms with Crippen LogP contribution in [0.2, 0.25) is 0 Å². The third-order valence-electron chi connectivity index (χ3n) is 2.23. The molecule has 5 heteroatoms. The number of aromatic nitrogens is 3. The van der Waals surface area contributed by atoms with Crippen LogP contribution in [0, 0.1) is 0 Å². The van der Waals surface area contributed by atoms with Crippen molar-refractivity contribution in [3.63, 3.8) is 0 Å². The van der Waals surface area contributed by atoms with Crippen LogP contribution in [-0.2, 0) is 0 Å². The summed E-state index contributed by atoms with van der Waals surface area (Å²) >= 11 is 0. The first-order valence-corrected chi connectivity index (χ1v) is 5.40. The summed E-state index contributed by atoms with van der Waals surface area (Å²) in [6.45, 7) is 2.81. The molecule has 2 heterocycles. The second-order valence-electron chi connectivity index (χ2n) is 3.37. The zero-order chi connectivity index (χ0) is 12.1. The lowest BCUT2D eigenvalue weighted by molar-refractivity contribution is 0.414. The van der Waals surface area contributed by atoms with E-state index >= 15 is 0 Å². The molecule has 0 aromatic carbocycles. The Labute approximate surface area is 99.9 Å². The summed E-state index contributed by atoms with van der Waals surface area (Å²) in [7, 11) is 1.61. The van der Waals surface area contributed by atoms with E-state index in [0.29, 0.717) is 17.1 Å². The molecule has 0 atom stereocenters. The third-order valence-corrected chi connectivity index (χ3v) is 2.23. The smallest absolute Gasteiger partial charge is 0.146 e. The van der Waals surface area contributed by atoms with E-state index < -0.39 is 0 Å². The molecule has 0 fully saturated rings. The zero-order valence-electron chi connectivity index (χ0n) is 9.84. The zero-order valence-corrected chi connectivity index (χ0v) is 9.84. The normalized spacial score (nSPS) is 10.0. The van der Waals surface area contributed by atoms with Crippen LogP contribution in [0.25, 0.3) is 11.4 Å². The van der Waals surface area contributed by atoms with Gasteiger partial charge in [0.2, 0.25) is 0 Å². The molecule has 0 unspecified atom stereocenters. The van der Waals surface area contributed by atoms with Crippen molar-refractivity contribution in [2.24, 2.45) is 0 Å². The first-order chi connectivity index (χ1) is 8.35. The fraction of sp³-hybridized carbons (Fsp3) is 0.250. The van der Waals surface area contributed by atoms with Crippen LogP contribution in [0.4, 0.5) is 5.82 Å². The van der Waals surface area contributed by atoms with Crippen LogP contribution < -0.4 is 10.1 Å². The van der Waals surface area contributed by atoms with Gasteiger partial charge in [0.25, 0.3) is 0 Å². The molecular weight excluding hydrogens is 216 g/mol. The van der Waals surface area contributed by atoms with Gasteiger partial charge in [0.15, 0.2) is 0 Å². The Bertz CT molecular complexity index is 501. The third kappa shape index (κ3) is 2.50. The Balaban J connectivity index is 2.41. The highest BCUT2D eigenvalue weighted by atomic mass is 16.5. The van der Waals surface area contributed by atoms with Gasteiger partial charge in [-0.1, -0.05) is 0 Å². The SMILES string of the molecule is CCNc1cncc(-c2ncccc2OC)n1. The summed E-state index contributed by atoms with van der Waals surface area (Å²) < 4.78 is 5.25. The van der Waals surface area contributed by atoms with Gasteiger partial charge in [0.05, 0.1) is 19.5 Å². The van der Waals surface area contributed by atoms with Gasteiger partial charge in [0.1, 0.15) is 23.0 Å². The first kappa shape index (κ1) is 11.3. The Kier molecular flexibility index (Phi) is 3.49. The number of methoxy groups -OCH3 is 1. The Morgan fingerprint density at radius 1 is 1.35 bits per heavy atom. The lowest BCUT2D eigenvalue weighted by atomic mass is 10.2. The minimum Gasteiger partial charge on any atom is -0.494 e. The van der Waals surface area contributed by atoms with E-state index in [2.05, 4.69) is 20.3 Å². The Hall–Kier alpha value is -2.17. The van der Waals surface area contributed by atoms with Gasteiger partial charge in [-0.3, -0.25) is 9.97 Å². The molecule has 1 N–H and O–H groups in total. The van der Waals surface area contributed by atoms with Gasteiger partial charge >= 0.3 is 0 Å². The number of nitrogens with zero attached hydrogens (tertiary/aromatic N) is 3. The van der Waals surface area contributed by atoms with Crippen molar-refractivity contribution in [1.82, 2.24) is 15.0 Å². The van der Waals surface area contributed by atoms with Crippen LogP contribution in [0.1, 0.15) is 6.92 Å². The van der Waals surface area contributed by atoms with Crippen molar-refractivity contribution in [3.05, 3.63) is 30.7 Å². The van der Waals surface area contributed by atoms with Gasteiger partial charge in [-0.15, -0.1) is 0 Å². The lowest BCUT2D eigenvalue weighted by Crippen LogP contribution is -2.01. The van der Waals surface area contributed by atoms with Crippen LogP contribution >= 0.6 is 0 Å². The van der Waals surface area contributed by atoms with Crippen molar-refractivity contribution in [2.45, 2.75) is 6.92 Å². The predicted molar refractivity (Wildman–Crippen MR) is 66.0 cm³/mol. The Morgan fingerprint density at radius 2 is 2.24 bits per heavy atom. The van der Waals surface area contributed by atoms with Crippen LogP contribution in [0.15, 0.2) is 30.7 Å². The number of hydrogen-bond donors (Lipinski definition) is 1. The van der Waals surface area contributed by atoms with Gasteiger partial charge < -0.3 is 10.1 Å². The maximum atomic E-state index is 5.25. The number of rotatable bonds is 4. The van der Waals surface area contributed by atoms with Gasteiger partial charge in [-0.05, 0) is 19.1 Å². The van der Waals surface area contributed by atoms with Gasteiger partial charge in [-0.2, -0.15) is 0 Å². The molecule has 0 aliphatic carbocycles. The molecule has 0 radical (unpaired) electrons. The molecule has 0 saturated heterocycles. The topological polar surface area (TPSA) is 59.9 Å². The average Bonchev–Trinajstić information content (AvgIpc) is 2.39. The molecular formula is C12H14N4O. The van der Waals surface area contributed by atoms with E-state index in [0.717, 1.165) is 12.4 Å². The van der Waals surface area contributed by atoms with Crippen molar-refractivity contribution >= 4 is 5.82 Å². The molecule has 2 aromatic rings. The number of pyridine rings is 1. The molecule has 0 saturated carbocycles. The highest BCUT2D eigenvalue weighted by Gasteiger charge is 2.08. The summed E-state index contributed by atoms with van der Waals surface area (Å²) in [5, 5.41) is 3.11. The molecule has 2 aromatic heterocycles. The van der Waals surface area contributed by atoms with Crippen molar-refractivity contribution < 1.29 is 4.74 Å². The summed E-state index contributed by atoms with van der Waals surface area (Å²) in [4.78, 5) is 12.8. The highest BCUT2D eigenvalue weighted by Crippen LogP contribution is 2.25. The Morgan fingerprint density at radius 3 is 3.00 bits per heavy atom. The predicted octanol–water partition coefficient (Wildman–Crippen LogP) is 1.98. The first-order valence-electron chi connectivity index (χ1n) is 5.40. The van der Waals surface area contributed by atoms with Crippen molar-refractivity contribution in [3.8, 4) is 17.1 Å². The van der Waals surface area contributed by atoms with Crippen molar-refractivity contribution in [1.29, 1.82) is 0 Å². The molecule has 2 rings (SSSR count). The minimum absolute atomic E-state index is 0.690. The summed E-state index contributed by atoms with van der Waals surface area (Å²) in [6, 6.07) is 3.67. The van der Waals surface area contributed by atoms with Crippen LogP contribution in [-0.4, -0.2) is 28.6 Å². The van der Waals surface area contributed by atoms with E-state index in [1.165, 1.54) is 0 Å². The molecule has 0 amide bonds. The number of ether oxygens (including phenoxy) is 1. The number of hydrogen-bond acceptors (Lipinski definition) is 5. The van der Waals surface area contributed by atoms with E-state index in [1.807, 2.05) is 19.1 Å². The summed E-state index contributed by atoms with van der Waals surface area (Å²) in [5.41, 5.74) is 1.39. The van der Waals surface area contributed by atoms with Gasteiger partial charge in [0, 0.05) is 12.7 Å². The van der Waals surface area contributed by atoms with Crippen LogP contribution in [0.5, 0.6) is 5.75 Å². The minimum atomic E-state index is 0.690. The molecule has 0 aliphatic heterocycles. The van der Waals surface area contributed by atoms with Crippen LogP contribution in [0.3, 0.4) is 0 Å². The second kappa shape index (κ2) is 5.25. The number of nitrogens with one attached hydrogen (secondary N) is 1. The van der Waals surface area contributed by atoms with E-state index in [-0.39, 0.29) is 0 Å². The quantitative estimate of drug-likeness (QED) is 0.870. The van der Waals surface area contributed by atoms with Gasteiger partial charge in [-0.25, -0.2) is 4.98 Å². The largest absolute Gasteiger partial charge is 0.494 e. The maximum Gasteiger partial charge on any atom is 0.146 e. The lowest BCUT2D eigenvalue weighted by Gasteiger charge is -2.07. The molecule has 17 heavy (non-hydrogen) atoms. The van der Waals surface area contributed by atoms with E-state index in [4.69, 9.17) is 4.74 Å². The molecule has 0 spiro atoms. The average molecular weight is 230 g/mol. The fourth-order valence-electron chi connectivity index (χ4n) is 1.49. The molecule has 0 bridgehead atoms. The molecule has 5 nitrogen and oxygen atoms in total. The summed E-state index contributed by atoms with van der Waals surface area (Å²) in [6.07, 6.45) is 5.06. The summed E-state index contributed by atoms with van der Waals surface area (Å²) in [5.74, 6) is 1.42. The highest BCUT2D eigenvalue weighted by molar-refractivity contribution is 5.62. The number of anilines is 1. The van der Waals surface area contributed by atoms with Crippen molar-refractivity contribution in [2.75, 3.05) is 19.0 Å². The monoisotopic (exact) mass is 230 g/mol. The fourth-order valence-corrected chi connectivity index (χ4v) is 1.49. The maximum absolute atomic E-state index is 5.25. The molecule has 0 aliphatic rings.